The predicted octanol–water partition coefficient (Wildman–Crippen LogP) is 0.563. The minimum atomic E-state index is -3.49. The highest BCUT2D eigenvalue weighted by Gasteiger charge is 2.20. The number of hydrogen-bond donors (Lipinski definition) is 1. The highest BCUT2D eigenvalue weighted by atomic mass is 32.2. The van der Waals surface area contributed by atoms with Gasteiger partial charge in [-0.25, -0.2) is 0 Å². The van der Waals surface area contributed by atoms with E-state index in [2.05, 4.69) is 0 Å². The number of benzene rings is 1. The lowest BCUT2D eigenvalue weighted by atomic mass is 10.2. The molecule has 0 saturated carbocycles. The average molecular weight is 273 g/mol. The van der Waals surface area contributed by atoms with Gasteiger partial charge in [-0.1, -0.05) is 24.4 Å². The minimum absolute atomic E-state index is 0.238. The molecular weight excluding hydrogens is 258 g/mol. The summed E-state index contributed by atoms with van der Waals surface area (Å²) in [6.45, 7) is 0. The van der Waals surface area contributed by atoms with Gasteiger partial charge in [-0.2, -0.15) is 12.7 Å². The van der Waals surface area contributed by atoms with Crippen LogP contribution in [0.5, 0.6) is 0 Å². The molecule has 0 radical (unpaired) electrons. The second kappa shape index (κ2) is 4.99. The van der Waals surface area contributed by atoms with Crippen molar-refractivity contribution in [2.24, 2.45) is 5.73 Å². The predicted molar refractivity (Wildman–Crippen MR) is 73.3 cm³/mol. The van der Waals surface area contributed by atoms with Gasteiger partial charge in [0.15, 0.2) is 0 Å². The van der Waals surface area contributed by atoms with E-state index >= 15 is 0 Å². The topological polar surface area (TPSA) is 66.6 Å². The lowest BCUT2D eigenvalue weighted by Crippen LogP contribution is -2.37. The molecule has 0 unspecified atom stereocenters. The lowest BCUT2D eigenvalue weighted by Gasteiger charge is -2.23. The molecule has 0 heterocycles. The van der Waals surface area contributed by atoms with Gasteiger partial charge < -0.3 is 5.73 Å². The number of anilines is 1. The molecular formula is C10H15N3O2S2. The van der Waals surface area contributed by atoms with Crippen molar-refractivity contribution < 1.29 is 8.42 Å². The van der Waals surface area contributed by atoms with E-state index in [-0.39, 0.29) is 4.99 Å². The van der Waals surface area contributed by atoms with Gasteiger partial charge >= 0.3 is 10.2 Å². The number of rotatable bonds is 4. The largest absolute Gasteiger partial charge is 0.389 e. The van der Waals surface area contributed by atoms with Crippen LogP contribution in [0, 0.1) is 0 Å². The van der Waals surface area contributed by atoms with Crippen molar-refractivity contribution in [3.8, 4) is 0 Å². The molecule has 7 heteroatoms. The maximum absolute atomic E-state index is 11.9. The zero-order chi connectivity index (χ0) is 13.2. The van der Waals surface area contributed by atoms with Crippen molar-refractivity contribution in [3.05, 3.63) is 29.8 Å². The molecule has 0 amide bonds. The summed E-state index contributed by atoms with van der Waals surface area (Å²) in [4.78, 5) is 0.238. The SMILES string of the molecule is CN(C)S(=O)(=O)N(C)c1cccc(C(N)=S)c1. The maximum atomic E-state index is 11.9. The van der Waals surface area contributed by atoms with Gasteiger partial charge in [0.05, 0.1) is 5.69 Å². The Morgan fingerprint density at radius 3 is 2.35 bits per heavy atom. The molecule has 0 saturated heterocycles. The van der Waals surface area contributed by atoms with Crippen LogP contribution in [-0.2, 0) is 10.2 Å². The first-order valence-corrected chi connectivity index (χ1v) is 6.63. The molecule has 0 spiro atoms. The molecule has 5 nitrogen and oxygen atoms in total. The molecule has 1 rings (SSSR count). The van der Waals surface area contributed by atoms with Crippen LogP contribution in [0.4, 0.5) is 5.69 Å². The van der Waals surface area contributed by atoms with Crippen LogP contribution in [0.15, 0.2) is 24.3 Å². The number of nitrogens with zero attached hydrogens (tertiary/aromatic N) is 2. The summed E-state index contributed by atoms with van der Waals surface area (Å²) in [5.74, 6) is 0. The van der Waals surface area contributed by atoms with Crippen LogP contribution < -0.4 is 10.0 Å². The third kappa shape index (κ3) is 2.93. The summed E-state index contributed by atoms with van der Waals surface area (Å²) in [7, 11) is 0.941. The van der Waals surface area contributed by atoms with Crippen LogP contribution in [0.2, 0.25) is 0 Å². The number of thiocarbonyl (C=S) groups is 1. The zero-order valence-electron chi connectivity index (χ0n) is 9.91. The summed E-state index contributed by atoms with van der Waals surface area (Å²) >= 11 is 4.85. The van der Waals surface area contributed by atoms with Crippen molar-refractivity contribution in [2.45, 2.75) is 0 Å². The molecule has 2 N–H and O–H groups in total. The van der Waals surface area contributed by atoms with E-state index in [1.54, 1.807) is 24.3 Å². The van der Waals surface area contributed by atoms with E-state index < -0.39 is 10.2 Å². The van der Waals surface area contributed by atoms with E-state index in [0.29, 0.717) is 11.3 Å². The van der Waals surface area contributed by atoms with Crippen LogP contribution in [0.1, 0.15) is 5.56 Å². The third-order valence-corrected chi connectivity index (χ3v) is 4.36. The van der Waals surface area contributed by atoms with E-state index in [9.17, 15) is 8.42 Å². The average Bonchev–Trinajstić information content (AvgIpc) is 2.27. The minimum Gasteiger partial charge on any atom is -0.389 e. The molecule has 1 aromatic rings. The molecule has 1 aromatic carbocycles. The normalized spacial score (nSPS) is 11.5. The van der Waals surface area contributed by atoms with E-state index in [4.69, 9.17) is 18.0 Å². The Morgan fingerprint density at radius 1 is 1.29 bits per heavy atom. The fraction of sp³-hybridized carbons (Fsp3) is 0.300. The van der Waals surface area contributed by atoms with Crippen LogP contribution in [0.25, 0.3) is 0 Å². The Bertz CT molecular complexity index is 526. The van der Waals surface area contributed by atoms with Crippen molar-refractivity contribution in [1.29, 1.82) is 0 Å². The molecule has 0 atom stereocenters. The second-order valence-corrected chi connectivity index (χ2v) is 6.29. The first-order chi connectivity index (χ1) is 7.76. The third-order valence-electron chi connectivity index (χ3n) is 2.30. The Hall–Kier alpha value is -1.18. The quantitative estimate of drug-likeness (QED) is 0.814. The molecule has 0 aromatic heterocycles. The first-order valence-electron chi connectivity index (χ1n) is 4.83. The van der Waals surface area contributed by atoms with Gasteiger partial charge in [-0.15, -0.1) is 0 Å². The fourth-order valence-corrected chi connectivity index (χ4v) is 2.23. The Labute approximate surface area is 107 Å². The van der Waals surface area contributed by atoms with Crippen molar-refractivity contribution >= 4 is 33.1 Å². The summed E-state index contributed by atoms with van der Waals surface area (Å²) in [6.07, 6.45) is 0. The van der Waals surface area contributed by atoms with Crippen LogP contribution in [0.3, 0.4) is 0 Å². The molecule has 0 aliphatic rings. The molecule has 94 valence electrons. The lowest BCUT2D eigenvalue weighted by molar-refractivity contribution is 0.519. The fourth-order valence-electron chi connectivity index (χ4n) is 1.23. The Morgan fingerprint density at radius 2 is 1.88 bits per heavy atom. The van der Waals surface area contributed by atoms with E-state index in [1.807, 2.05) is 0 Å². The van der Waals surface area contributed by atoms with E-state index in [1.165, 1.54) is 25.4 Å². The molecule has 0 aliphatic heterocycles. The summed E-state index contributed by atoms with van der Waals surface area (Å²) < 4.78 is 26.1. The van der Waals surface area contributed by atoms with Crippen LogP contribution >= 0.6 is 12.2 Å². The van der Waals surface area contributed by atoms with Gasteiger partial charge in [0.2, 0.25) is 0 Å². The first kappa shape index (κ1) is 13.9. The second-order valence-electron chi connectivity index (χ2n) is 3.67. The monoisotopic (exact) mass is 273 g/mol. The molecule has 17 heavy (non-hydrogen) atoms. The summed E-state index contributed by atoms with van der Waals surface area (Å²) in [5, 5.41) is 0. The molecule has 0 fully saturated rings. The zero-order valence-corrected chi connectivity index (χ0v) is 11.5. The van der Waals surface area contributed by atoms with E-state index in [0.717, 1.165) is 4.31 Å². The maximum Gasteiger partial charge on any atom is 0.303 e. The molecule has 0 bridgehead atoms. The van der Waals surface area contributed by atoms with Gasteiger partial charge in [-0.3, -0.25) is 4.31 Å². The van der Waals surface area contributed by atoms with Gasteiger partial charge in [0.1, 0.15) is 4.99 Å². The van der Waals surface area contributed by atoms with Crippen molar-refractivity contribution in [3.63, 3.8) is 0 Å². The van der Waals surface area contributed by atoms with Gasteiger partial charge in [0, 0.05) is 26.7 Å². The number of nitrogens with two attached hydrogens (primary N) is 1. The van der Waals surface area contributed by atoms with Crippen LogP contribution in [-0.4, -0.2) is 38.9 Å². The van der Waals surface area contributed by atoms with Gasteiger partial charge in [-0.05, 0) is 12.1 Å². The summed E-state index contributed by atoms with van der Waals surface area (Å²) in [5.41, 5.74) is 6.66. The standard InChI is InChI=1S/C10H15N3O2S2/c1-12(2)17(14,15)13(3)9-6-4-5-8(7-9)10(11)16/h4-7H,1-3H3,(H2,11,16). The van der Waals surface area contributed by atoms with Gasteiger partial charge in [0.25, 0.3) is 0 Å². The summed E-state index contributed by atoms with van der Waals surface area (Å²) in [6, 6.07) is 6.78. The highest BCUT2D eigenvalue weighted by Crippen LogP contribution is 2.18. The Balaban J connectivity index is 3.18. The molecule has 0 aliphatic carbocycles. The van der Waals surface area contributed by atoms with Crippen molar-refractivity contribution in [1.82, 2.24) is 4.31 Å². The van der Waals surface area contributed by atoms with Crippen molar-refractivity contribution in [2.75, 3.05) is 25.4 Å². The Kier molecular flexibility index (Phi) is 4.07. The highest BCUT2D eigenvalue weighted by molar-refractivity contribution is 7.90. The smallest absolute Gasteiger partial charge is 0.303 e. The number of hydrogen-bond acceptors (Lipinski definition) is 3.